The van der Waals surface area contributed by atoms with Gasteiger partial charge in [0.1, 0.15) is 5.92 Å². The number of carbonyl (C=O) groups is 1. The maximum absolute atomic E-state index is 12.1. The molecule has 1 aromatic heterocycles. The van der Waals surface area contributed by atoms with Crippen molar-refractivity contribution < 1.29 is 14.3 Å². The first-order chi connectivity index (χ1) is 10.2. The van der Waals surface area contributed by atoms with Crippen molar-refractivity contribution in [2.45, 2.75) is 44.6 Å². The summed E-state index contributed by atoms with van der Waals surface area (Å²) in [6.07, 6.45) is 4.27. The normalized spacial score (nSPS) is 25.0. The van der Waals surface area contributed by atoms with Crippen molar-refractivity contribution in [3.63, 3.8) is 0 Å². The molecule has 1 aromatic rings. The number of hydrogen-bond acceptors (Lipinski definition) is 6. The van der Waals surface area contributed by atoms with Crippen LogP contribution in [-0.4, -0.2) is 43.9 Å². The maximum atomic E-state index is 12.1. The first-order valence-corrected chi connectivity index (χ1v) is 8.48. The summed E-state index contributed by atoms with van der Waals surface area (Å²) in [4.78, 5) is 20.4. The Morgan fingerprint density at radius 2 is 2.33 bits per heavy atom. The second kappa shape index (κ2) is 6.32. The van der Waals surface area contributed by atoms with Crippen LogP contribution in [0.1, 0.15) is 42.7 Å². The molecule has 0 bridgehead atoms. The molecule has 1 aliphatic carbocycles. The minimum absolute atomic E-state index is 0.119. The Morgan fingerprint density at radius 1 is 1.48 bits per heavy atom. The van der Waals surface area contributed by atoms with Crippen LogP contribution in [0.2, 0.25) is 0 Å². The molecule has 3 rings (SSSR count). The van der Waals surface area contributed by atoms with Gasteiger partial charge in [-0.1, -0.05) is 0 Å². The predicted molar refractivity (Wildman–Crippen MR) is 82.1 cm³/mol. The van der Waals surface area contributed by atoms with Crippen molar-refractivity contribution >= 4 is 22.4 Å². The van der Waals surface area contributed by atoms with Crippen LogP contribution in [0.3, 0.4) is 0 Å². The number of nitrogens with zero attached hydrogens (tertiary/aromatic N) is 2. The van der Waals surface area contributed by atoms with E-state index in [1.54, 1.807) is 18.4 Å². The second-order valence-electron chi connectivity index (χ2n) is 5.59. The third-order valence-electron chi connectivity index (χ3n) is 4.26. The second-order valence-corrected chi connectivity index (χ2v) is 6.66. The van der Waals surface area contributed by atoms with Crippen molar-refractivity contribution in [3.8, 4) is 0 Å². The molecule has 1 fully saturated rings. The summed E-state index contributed by atoms with van der Waals surface area (Å²) >= 11 is 1.74. The highest BCUT2D eigenvalue weighted by atomic mass is 32.1. The Bertz CT molecular complexity index is 517. The van der Waals surface area contributed by atoms with Gasteiger partial charge in [0, 0.05) is 25.1 Å². The van der Waals surface area contributed by atoms with Gasteiger partial charge in [0.2, 0.25) is 0 Å². The van der Waals surface area contributed by atoms with Gasteiger partial charge < -0.3 is 14.4 Å². The molecule has 21 heavy (non-hydrogen) atoms. The minimum atomic E-state index is -0.167. The number of aromatic nitrogens is 1. The molecule has 2 atom stereocenters. The Hall–Kier alpha value is -1.14. The van der Waals surface area contributed by atoms with E-state index in [-0.39, 0.29) is 11.9 Å². The Kier molecular flexibility index (Phi) is 4.45. The van der Waals surface area contributed by atoms with Crippen LogP contribution in [-0.2, 0) is 20.7 Å². The van der Waals surface area contributed by atoms with E-state index in [2.05, 4.69) is 4.90 Å². The van der Waals surface area contributed by atoms with Crippen molar-refractivity contribution in [3.05, 3.63) is 10.6 Å². The van der Waals surface area contributed by atoms with Gasteiger partial charge >= 0.3 is 5.97 Å². The van der Waals surface area contributed by atoms with Crippen molar-refractivity contribution in [2.75, 3.05) is 31.7 Å². The average molecular weight is 310 g/mol. The van der Waals surface area contributed by atoms with Crippen LogP contribution in [0.4, 0.5) is 5.13 Å². The lowest BCUT2D eigenvalue weighted by Crippen LogP contribution is -2.23. The molecule has 2 unspecified atom stereocenters. The van der Waals surface area contributed by atoms with Crippen LogP contribution in [0, 0.1) is 0 Å². The third-order valence-corrected chi connectivity index (χ3v) is 5.45. The number of aryl methyl sites for hydroxylation is 1. The Labute approximate surface area is 129 Å². The summed E-state index contributed by atoms with van der Waals surface area (Å²) in [6.45, 7) is 4.16. The quantitative estimate of drug-likeness (QED) is 0.799. The number of fused-ring (bicyclic) bond motifs is 1. The molecule has 0 spiro atoms. The highest BCUT2D eigenvalue weighted by Gasteiger charge is 2.33. The van der Waals surface area contributed by atoms with Gasteiger partial charge in [-0.05, 0) is 32.6 Å². The van der Waals surface area contributed by atoms with Crippen LogP contribution in [0.25, 0.3) is 0 Å². The largest absolute Gasteiger partial charge is 0.465 e. The molecule has 6 heteroatoms. The predicted octanol–water partition coefficient (Wildman–Crippen LogP) is 2.35. The van der Waals surface area contributed by atoms with Gasteiger partial charge in [-0.25, -0.2) is 4.98 Å². The Morgan fingerprint density at radius 3 is 3.05 bits per heavy atom. The molecular formula is C15H22N2O3S. The van der Waals surface area contributed by atoms with Crippen LogP contribution >= 0.6 is 11.3 Å². The summed E-state index contributed by atoms with van der Waals surface area (Å²) in [7, 11) is 1.76. The van der Waals surface area contributed by atoms with Crippen LogP contribution in [0.15, 0.2) is 0 Å². The van der Waals surface area contributed by atoms with Crippen molar-refractivity contribution in [1.29, 1.82) is 0 Å². The monoisotopic (exact) mass is 310 g/mol. The molecule has 0 saturated carbocycles. The highest BCUT2D eigenvalue weighted by Crippen LogP contribution is 2.39. The SMILES string of the molecule is CCOC(=O)C1CCCc2sc(N3CCC(OC)C3)nc21. The fourth-order valence-corrected chi connectivity index (χ4v) is 4.31. The van der Waals surface area contributed by atoms with Gasteiger partial charge in [0.05, 0.1) is 18.4 Å². The lowest BCUT2D eigenvalue weighted by Gasteiger charge is -2.19. The molecule has 0 N–H and O–H groups in total. The number of esters is 1. The van der Waals surface area contributed by atoms with Gasteiger partial charge in [-0.2, -0.15) is 0 Å². The smallest absolute Gasteiger partial charge is 0.315 e. The number of rotatable bonds is 4. The molecule has 5 nitrogen and oxygen atoms in total. The zero-order valence-electron chi connectivity index (χ0n) is 12.6. The molecule has 2 heterocycles. The number of carbonyl (C=O) groups excluding carboxylic acids is 1. The van der Waals surface area contributed by atoms with E-state index < -0.39 is 0 Å². The molecule has 2 aliphatic rings. The lowest BCUT2D eigenvalue weighted by molar-refractivity contribution is -0.145. The summed E-state index contributed by atoms with van der Waals surface area (Å²) in [6, 6.07) is 0. The zero-order valence-corrected chi connectivity index (χ0v) is 13.4. The number of hydrogen-bond donors (Lipinski definition) is 0. The first-order valence-electron chi connectivity index (χ1n) is 7.67. The molecule has 0 amide bonds. The molecule has 1 aliphatic heterocycles. The minimum Gasteiger partial charge on any atom is -0.465 e. The summed E-state index contributed by atoms with van der Waals surface area (Å²) in [5, 5.41) is 1.04. The topological polar surface area (TPSA) is 51.7 Å². The lowest BCUT2D eigenvalue weighted by atomic mass is 9.91. The number of ether oxygens (including phenoxy) is 2. The summed E-state index contributed by atoms with van der Waals surface area (Å²) in [5.41, 5.74) is 0.959. The molecule has 0 aromatic carbocycles. The molecular weight excluding hydrogens is 288 g/mol. The van der Waals surface area contributed by atoms with E-state index in [4.69, 9.17) is 14.5 Å². The Balaban J connectivity index is 1.79. The molecule has 0 radical (unpaired) electrons. The van der Waals surface area contributed by atoms with Crippen LogP contribution < -0.4 is 4.90 Å². The van der Waals surface area contributed by atoms with Gasteiger partial charge in [-0.3, -0.25) is 4.79 Å². The molecule has 1 saturated heterocycles. The van der Waals surface area contributed by atoms with E-state index >= 15 is 0 Å². The zero-order chi connectivity index (χ0) is 14.8. The summed E-state index contributed by atoms with van der Waals surface area (Å²) in [5.74, 6) is -0.286. The van der Waals surface area contributed by atoms with Crippen molar-refractivity contribution in [1.82, 2.24) is 4.98 Å². The molecule has 116 valence electrons. The fourth-order valence-electron chi connectivity index (χ4n) is 3.11. The van der Waals surface area contributed by atoms with E-state index in [0.29, 0.717) is 12.7 Å². The van der Waals surface area contributed by atoms with Gasteiger partial charge in [-0.15, -0.1) is 11.3 Å². The third kappa shape index (κ3) is 2.92. The maximum Gasteiger partial charge on any atom is 0.315 e. The fraction of sp³-hybridized carbons (Fsp3) is 0.733. The van der Waals surface area contributed by atoms with Crippen LogP contribution in [0.5, 0.6) is 0 Å². The van der Waals surface area contributed by atoms with E-state index in [9.17, 15) is 4.79 Å². The van der Waals surface area contributed by atoms with E-state index in [1.807, 2.05) is 6.92 Å². The highest BCUT2D eigenvalue weighted by molar-refractivity contribution is 7.15. The standard InChI is InChI=1S/C15H22N2O3S/c1-3-20-14(18)11-5-4-6-12-13(11)16-15(21-12)17-8-7-10(9-17)19-2/h10-11H,3-9H2,1-2H3. The first kappa shape index (κ1) is 14.8. The summed E-state index contributed by atoms with van der Waals surface area (Å²) < 4.78 is 10.6. The number of methoxy groups -OCH3 is 1. The van der Waals surface area contributed by atoms with Gasteiger partial charge in [0.15, 0.2) is 5.13 Å². The van der Waals surface area contributed by atoms with E-state index in [0.717, 1.165) is 49.6 Å². The number of anilines is 1. The number of thiazole rings is 1. The van der Waals surface area contributed by atoms with E-state index in [1.165, 1.54) is 4.88 Å². The van der Waals surface area contributed by atoms with Gasteiger partial charge in [0.25, 0.3) is 0 Å². The average Bonchev–Trinajstić information content (AvgIpc) is 3.13. The van der Waals surface area contributed by atoms with Crippen molar-refractivity contribution in [2.24, 2.45) is 0 Å².